The summed E-state index contributed by atoms with van der Waals surface area (Å²) in [7, 11) is 3.13. The molecule has 6 heteroatoms. The molecule has 0 fully saturated rings. The molecule has 2 rings (SSSR count). The van der Waals surface area contributed by atoms with Crippen molar-refractivity contribution in [1.29, 1.82) is 0 Å². The Morgan fingerprint density at radius 3 is 2.54 bits per heavy atom. The van der Waals surface area contributed by atoms with Crippen LogP contribution in [-0.2, 0) is 11.2 Å². The number of hydrogen-bond donors (Lipinski definition) is 2. The standard InChI is InChI=1S/C20H24N2O4/c1-4-10-21-20(24)14-6-5-7-16(11-14)22-19(23)13-15-12-17(25-2)8-9-18(15)26-3/h5-9,11-12H,4,10,13H2,1-3H3,(H,21,24)(H,22,23). The Kier molecular flexibility index (Phi) is 7.02. The zero-order chi connectivity index (χ0) is 18.9. The molecule has 2 aromatic rings. The van der Waals surface area contributed by atoms with Crippen LogP contribution in [0.1, 0.15) is 29.3 Å². The normalized spacial score (nSPS) is 10.1. The first kappa shape index (κ1) is 19.3. The molecule has 0 atom stereocenters. The van der Waals surface area contributed by atoms with Crippen LogP contribution >= 0.6 is 0 Å². The van der Waals surface area contributed by atoms with E-state index >= 15 is 0 Å². The van der Waals surface area contributed by atoms with Crippen LogP contribution in [0.3, 0.4) is 0 Å². The Bertz CT molecular complexity index is 774. The lowest BCUT2D eigenvalue weighted by Gasteiger charge is -2.11. The van der Waals surface area contributed by atoms with Crippen LogP contribution < -0.4 is 20.1 Å². The minimum absolute atomic E-state index is 0.132. The number of hydrogen-bond acceptors (Lipinski definition) is 4. The second kappa shape index (κ2) is 9.46. The van der Waals surface area contributed by atoms with Gasteiger partial charge >= 0.3 is 0 Å². The van der Waals surface area contributed by atoms with Crippen molar-refractivity contribution >= 4 is 17.5 Å². The molecule has 0 aliphatic carbocycles. The highest BCUT2D eigenvalue weighted by Gasteiger charge is 2.12. The van der Waals surface area contributed by atoms with E-state index < -0.39 is 0 Å². The second-order valence-corrected chi connectivity index (χ2v) is 5.74. The number of carbonyl (C=O) groups is 2. The summed E-state index contributed by atoms with van der Waals surface area (Å²) in [6.07, 6.45) is 0.997. The monoisotopic (exact) mass is 356 g/mol. The second-order valence-electron chi connectivity index (χ2n) is 5.74. The third kappa shape index (κ3) is 5.24. The van der Waals surface area contributed by atoms with Crippen molar-refractivity contribution in [2.45, 2.75) is 19.8 Å². The maximum absolute atomic E-state index is 12.4. The van der Waals surface area contributed by atoms with Gasteiger partial charge in [0.25, 0.3) is 5.91 Å². The van der Waals surface area contributed by atoms with Gasteiger partial charge in [-0.05, 0) is 42.8 Å². The van der Waals surface area contributed by atoms with Gasteiger partial charge in [0.2, 0.25) is 5.91 Å². The zero-order valence-corrected chi connectivity index (χ0v) is 15.3. The summed E-state index contributed by atoms with van der Waals surface area (Å²) in [6, 6.07) is 12.2. The van der Waals surface area contributed by atoms with Gasteiger partial charge in [0.1, 0.15) is 11.5 Å². The van der Waals surface area contributed by atoms with Crippen LogP contribution in [0.5, 0.6) is 11.5 Å². The first-order valence-electron chi connectivity index (χ1n) is 8.46. The molecule has 0 aromatic heterocycles. The van der Waals surface area contributed by atoms with E-state index in [1.807, 2.05) is 6.92 Å². The number of carbonyl (C=O) groups excluding carboxylic acids is 2. The average Bonchev–Trinajstić information content (AvgIpc) is 2.66. The van der Waals surface area contributed by atoms with E-state index in [9.17, 15) is 9.59 Å². The van der Waals surface area contributed by atoms with Gasteiger partial charge in [-0.25, -0.2) is 0 Å². The first-order chi connectivity index (χ1) is 12.6. The maximum atomic E-state index is 12.4. The molecule has 2 N–H and O–H groups in total. The smallest absolute Gasteiger partial charge is 0.251 e. The molecular weight excluding hydrogens is 332 g/mol. The molecule has 26 heavy (non-hydrogen) atoms. The number of rotatable bonds is 8. The minimum Gasteiger partial charge on any atom is -0.497 e. The van der Waals surface area contributed by atoms with E-state index in [0.29, 0.717) is 29.3 Å². The van der Waals surface area contributed by atoms with Crippen molar-refractivity contribution in [3.63, 3.8) is 0 Å². The molecule has 2 aromatic carbocycles. The van der Waals surface area contributed by atoms with E-state index in [1.165, 1.54) is 0 Å². The third-order valence-corrected chi connectivity index (χ3v) is 3.78. The molecule has 6 nitrogen and oxygen atoms in total. The molecule has 0 spiro atoms. The lowest BCUT2D eigenvalue weighted by Crippen LogP contribution is -2.24. The van der Waals surface area contributed by atoms with Gasteiger partial charge < -0.3 is 20.1 Å². The van der Waals surface area contributed by atoms with Crippen LogP contribution in [0.25, 0.3) is 0 Å². The molecule has 0 unspecified atom stereocenters. The largest absolute Gasteiger partial charge is 0.497 e. The third-order valence-electron chi connectivity index (χ3n) is 3.78. The molecule has 0 aliphatic heterocycles. The minimum atomic E-state index is -0.206. The predicted molar refractivity (Wildman–Crippen MR) is 101 cm³/mol. The van der Waals surface area contributed by atoms with E-state index in [4.69, 9.17) is 9.47 Å². The summed E-state index contributed by atoms with van der Waals surface area (Å²) in [5, 5.41) is 5.63. The van der Waals surface area contributed by atoms with Crippen LogP contribution in [-0.4, -0.2) is 32.6 Å². The summed E-state index contributed by atoms with van der Waals surface area (Å²) < 4.78 is 10.5. The summed E-state index contributed by atoms with van der Waals surface area (Å²) in [6.45, 7) is 2.61. The highest BCUT2D eigenvalue weighted by atomic mass is 16.5. The van der Waals surface area contributed by atoms with Gasteiger partial charge in [0, 0.05) is 23.4 Å². The molecule has 2 amide bonds. The van der Waals surface area contributed by atoms with Gasteiger partial charge in [-0.15, -0.1) is 0 Å². The summed E-state index contributed by atoms with van der Waals surface area (Å²) >= 11 is 0. The molecule has 0 bridgehead atoms. The van der Waals surface area contributed by atoms with Crippen molar-refractivity contribution in [2.75, 3.05) is 26.1 Å². The quantitative estimate of drug-likeness (QED) is 0.762. The SMILES string of the molecule is CCCNC(=O)c1cccc(NC(=O)Cc2cc(OC)ccc2OC)c1. The van der Waals surface area contributed by atoms with Gasteiger partial charge in [-0.3, -0.25) is 9.59 Å². The summed E-state index contributed by atoms with van der Waals surface area (Å²) in [4.78, 5) is 24.4. The Morgan fingerprint density at radius 2 is 1.85 bits per heavy atom. The number of amides is 2. The Balaban J connectivity index is 2.07. The lowest BCUT2D eigenvalue weighted by molar-refractivity contribution is -0.115. The Hall–Kier alpha value is -3.02. The molecule has 138 valence electrons. The fraction of sp³-hybridized carbons (Fsp3) is 0.300. The van der Waals surface area contributed by atoms with Crippen molar-refractivity contribution in [2.24, 2.45) is 0 Å². The fourth-order valence-electron chi connectivity index (χ4n) is 2.48. The topological polar surface area (TPSA) is 76.7 Å². The first-order valence-corrected chi connectivity index (χ1v) is 8.46. The predicted octanol–water partition coefficient (Wildman–Crippen LogP) is 3.02. The molecular formula is C20H24N2O4. The number of anilines is 1. The maximum Gasteiger partial charge on any atom is 0.251 e. The van der Waals surface area contributed by atoms with Gasteiger partial charge in [0.05, 0.1) is 20.6 Å². The number of methoxy groups -OCH3 is 2. The molecule has 0 saturated heterocycles. The number of benzene rings is 2. The summed E-state index contributed by atoms with van der Waals surface area (Å²) in [5.74, 6) is 0.914. The molecule has 0 aliphatic rings. The van der Waals surface area contributed by atoms with Crippen LogP contribution in [0, 0.1) is 0 Å². The molecule has 0 heterocycles. The van der Waals surface area contributed by atoms with Crippen molar-refractivity contribution in [3.8, 4) is 11.5 Å². The Labute approximate surface area is 153 Å². The van der Waals surface area contributed by atoms with Gasteiger partial charge in [-0.1, -0.05) is 13.0 Å². The van der Waals surface area contributed by atoms with Crippen LogP contribution in [0.15, 0.2) is 42.5 Å². The van der Waals surface area contributed by atoms with Crippen molar-refractivity contribution in [3.05, 3.63) is 53.6 Å². The lowest BCUT2D eigenvalue weighted by atomic mass is 10.1. The molecule has 0 saturated carbocycles. The number of ether oxygens (including phenoxy) is 2. The van der Waals surface area contributed by atoms with E-state index in [-0.39, 0.29) is 18.2 Å². The van der Waals surface area contributed by atoms with Crippen molar-refractivity contribution in [1.82, 2.24) is 5.32 Å². The zero-order valence-electron chi connectivity index (χ0n) is 15.3. The highest BCUT2D eigenvalue weighted by molar-refractivity contribution is 5.97. The Morgan fingerprint density at radius 1 is 1.04 bits per heavy atom. The van der Waals surface area contributed by atoms with Gasteiger partial charge in [0.15, 0.2) is 0 Å². The van der Waals surface area contributed by atoms with E-state index in [2.05, 4.69) is 10.6 Å². The highest BCUT2D eigenvalue weighted by Crippen LogP contribution is 2.24. The molecule has 0 radical (unpaired) electrons. The van der Waals surface area contributed by atoms with E-state index in [1.54, 1.807) is 56.7 Å². The average molecular weight is 356 g/mol. The number of nitrogens with one attached hydrogen (secondary N) is 2. The summed E-state index contributed by atoms with van der Waals surface area (Å²) in [5.41, 5.74) is 1.80. The van der Waals surface area contributed by atoms with Crippen LogP contribution in [0.2, 0.25) is 0 Å². The van der Waals surface area contributed by atoms with Gasteiger partial charge in [-0.2, -0.15) is 0 Å². The fourth-order valence-corrected chi connectivity index (χ4v) is 2.48. The van der Waals surface area contributed by atoms with E-state index in [0.717, 1.165) is 12.0 Å². The van der Waals surface area contributed by atoms with Crippen LogP contribution in [0.4, 0.5) is 5.69 Å². The van der Waals surface area contributed by atoms with Crippen molar-refractivity contribution < 1.29 is 19.1 Å².